The van der Waals surface area contributed by atoms with E-state index in [1.165, 1.54) is 0 Å². The summed E-state index contributed by atoms with van der Waals surface area (Å²) >= 11 is 0. The SMILES string of the molecule is C[C@H](CCC(=O)NCC(=O)O)[C@H]1CC[C@@H]2[C@@H]3[C@H](O)C[C@@H]4C[C@H](O)CC[C@]4(C)[C@@H]3C[C@H](O)[C@@]21C. The summed E-state index contributed by atoms with van der Waals surface area (Å²) in [5.74, 6) is 0.265. The second-order valence-electron chi connectivity index (χ2n) is 12.2. The van der Waals surface area contributed by atoms with Gasteiger partial charge in [-0.15, -0.1) is 0 Å². The second kappa shape index (κ2) is 9.12. The molecule has 0 bridgehead atoms. The first-order valence-corrected chi connectivity index (χ1v) is 13.0. The van der Waals surface area contributed by atoms with Gasteiger partial charge in [0.2, 0.25) is 5.91 Å². The fraction of sp³-hybridized carbons (Fsp3) is 0.923. The molecule has 0 aromatic carbocycles. The van der Waals surface area contributed by atoms with Crippen LogP contribution in [0.5, 0.6) is 0 Å². The van der Waals surface area contributed by atoms with E-state index >= 15 is 0 Å². The summed E-state index contributed by atoms with van der Waals surface area (Å²) in [5, 5.41) is 44.4. The summed E-state index contributed by atoms with van der Waals surface area (Å²) in [6.45, 7) is 6.35. The number of aliphatic carboxylic acids is 1. The van der Waals surface area contributed by atoms with Gasteiger partial charge in [0.05, 0.1) is 18.3 Å². The van der Waals surface area contributed by atoms with Crippen molar-refractivity contribution in [1.29, 1.82) is 0 Å². The van der Waals surface area contributed by atoms with Crippen LogP contribution in [0.15, 0.2) is 0 Å². The van der Waals surface area contributed by atoms with Gasteiger partial charge in [-0.1, -0.05) is 20.8 Å². The Morgan fingerprint density at radius 3 is 2.45 bits per heavy atom. The summed E-state index contributed by atoms with van der Waals surface area (Å²) < 4.78 is 0. The maximum atomic E-state index is 12.0. The van der Waals surface area contributed by atoms with Crippen LogP contribution in [0.1, 0.15) is 78.6 Å². The van der Waals surface area contributed by atoms with Gasteiger partial charge >= 0.3 is 5.97 Å². The lowest BCUT2D eigenvalue weighted by molar-refractivity contribution is -0.207. The topological polar surface area (TPSA) is 127 Å². The normalized spacial score (nSPS) is 47.7. The standard InChI is InChI=1S/C26H43NO6/c1-14(4-7-22(31)27-13-23(32)33)17-5-6-18-24-19(12-21(30)26(17,18)3)25(2)9-8-16(28)10-15(25)11-20(24)29/h14-21,24,28-30H,4-13H2,1-3H3,(H,27,31)(H,32,33)/t14-,15+,16-,17-,18-,19-,20-,21+,24+,25+,26-/m1/s1. The molecular weight excluding hydrogens is 422 g/mol. The number of hydrogen-bond acceptors (Lipinski definition) is 5. The predicted molar refractivity (Wildman–Crippen MR) is 123 cm³/mol. The molecule has 0 aromatic rings. The van der Waals surface area contributed by atoms with Crippen LogP contribution >= 0.6 is 0 Å². The zero-order valence-electron chi connectivity index (χ0n) is 20.4. The highest BCUT2D eigenvalue weighted by Gasteiger charge is 2.65. The van der Waals surface area contributed by atoms with E-state index in [2.05, 4.69) is 26.1 Å². The number of hydrogen-bond donors (Lipinski definition) is 5. The molecule has 7 nitrogen and oxygen atoms in total. The lowest BCUT2D eigenvalue weighted by Gasteiger charge is -2.63. The minimum absolute atomic E-state index is 0.0668. The number of carboxylic acid groups (broad SMARTS) is 1. The Kier molecular flexibility index (Phi) is 6.89. The quantitative estimate of drug-likeness (QED) is 0.410. The molecule has 4 rings (SSSR count). The van der Waals surface area contributed by atoms with Crippen LogP contribution in [0.3, 0.4) is 0 Å². The second-order valence-corrected chi connectivity index (χ2v) is 12.2. The smallest absolute Gasteiger partial charge is 0.322 e. The van der Waals surface area contributed by atoms with Crippen LogP contribution in [-0.2, 0) is 9.59 Å². The van der Waals surface area contributed by atoms with Gasteiger partial charge in [-0.05, 0) is 97.7 Å². The van der Waals surface area contributed by atoms with Gasteiger partial charge in [-0.25, -0.2) is 0 Å². The van der Waals surface area contributed by atoms with Crippen molar-refractivity contribution < 1.29 is 30.0 Å². The Morgan fingerprint density at radius 2 is 1.76 bits per heavy atom. The van der Waals surface area contributed by atoms with Gasteiger partial charge in [0.15, 0.2) is 0 Å². The molecule has 0 radical (unpaired) electrons. The van der Waals surface area contributed by atoms with E-state index in [0.29, 0.717) is 25.2 Å². The number of amides is 1. The number of fused-ring (bicyclic) bond motifs is 5. The van der Waals surface area contributed by atoms with Crippen molar-refractivity contribution in [2.75, 3.05) is 6.54 Å². The van der Waals surface area contributed by atoms with E-state index in [1.807, 2.05) is 0 Å². The molecule has 4 aliphatic carbocycles. The predicted octanol–water partition coefficient (Wildman–Crippen LogP) is 2.56. The highest BCUT2D eigenvalue weighted by atomic mass is 16.4. The number of nitrogens with one attached hydrogen (secondary N) is 1. The Bertz CT molecular complexity index is 759. The molecule has 0 spiro atoms. The molecule has 7 heteroatoms. The molecule has 0 heterocycles. The van der Waals surface area contributed by atoms with E-state index in [1.54, 1.807) is 0 Å². The van der Waals surface area contributed by atoms with Gasteiger partial charge in [-0.3, -0.25) is 9.59 Å². The molecule has 4 saturated carbocycles. The Labute approximate surface area is 197 Å². The fourth-order valence-electron chi connectivity index (χ4n) is 8.95. The van der Waals surface area contributed by atoms with Crippen molar-refractivity contribution in [3.8, 4) is 0 Å². The molecule has 4 fully saturated rings. The van der Waals surface area contributed by atoms with Crippen LogP contribution in [-0.4, -0.2) is 57.2 Å². The zero-order valence-corrected chi connectivity index (χ0v) is 20.4. The maximum Gasteiger partial charge on any atom is 0.322 e. The minimum atomic E-state index is -1.04. The van der Waals surface area contributed by atoms with Crippen molar-refractivity contribution in [3.05, 3.63) is 0 Å². The number of aliphatic hydroxyl groups excluding tert-OH is 3. The molecule has 188 valence electrons. The summed E-state index contributed by atoms with van der Waals surface area (Å²) in [6, 6.07) is 0. The van der Waals surface area contributed by atoms with Crippen molar-refractivity contribution in [3.63, 3.8) is 0 Å². The molecule has 4 aliphatic rings. The third-order valence-corrected chi connectivity index (χ3v) is 10.8. The van der Waals surface area contributed by atoms with Crippen LogP contribution in [0.4, 0.5) is 0 Å². The first-order chi connectivity index (χ1) is 15.5. The lowest BCUT2D eigenvalue weighted by Crippen LogP contribution is -2.62. The number of rotatable bonds is 6. The molecular formula is C26H43NO6. The van der Waals surface area contributed by atoms with E-state index < -0.39 is 12.1 Å². The summed E-state index contributed by atoms with van der Waals surface area (Å²) in [4.78, 5) is 22.7. The molecule has 5 N–H and O–H groups in total. The van der Waals surface area contributed by atoms with Crippen LogP contribution in [0.25, 0.3) is 0 Å². The van der Waals surface area contributed by atoms with Crippen molar-refractivity contribution in [2.24, 2.45) is 46.3 Å². The number of carbonyl (C=O) groups is 2. The Hall–Kier alpha value is -1.18. The lowest BCUT2D eigenvalue weighted by atomic mass is 9.43. The highest BCUT2D eigenvalue weighted by molar-refractivity contribution is 5.81. The van der Waals surface area contributed by atoms with E-state index in [9.17, 15) is 24.9 Å². The van der Waals surface area contributed by atoms with Gasteiger partial charge in [0.25, 0.3) is 0 Å². The third kappa shape index (κ3) is 4.23. The summed E-state index contributed by atoms with van der Waals surface area (Å²) in [6.07, 6.45) is 5.86. The van der Waals surface area contributed by atoms with E-state index in [0.717, 1.165) is 38.5 Å². The van der Waals surface area contributed by atoms with E-state index in [4.69, 9.17) is 5.11 Å². The first kappa shape index (κ1) is 24.9. The summed E-state index contributed by atoms with van der Waals surface area (Å²) in [5.41, 5.74) is -0.214. The van der Waals surface area contributed by atoms with Crippen molar-refractivity contribution >= 4 is 11.9 Å². The minimum Gasteiger partial charge on any atom is -0.480 e. The molecule has 0 aromatic heterocycles. The average Bonchev–Trinajstić information content (AvgIpc) is 3.11. The molecule has 0 saturated heterocycles. The van der Waals surface area contributed by atoms with Crippen LogP contribution < -0.4 is 5.32 Å². The fourth-order valence-corrected chi connectivity index (χ4v) is 8.95. The molecule has 0 aliphatic heterocycles. The monoisotopic (exact) mass is 465 g/mol. The van der Waals surface area contributed by atoms with Gasteiger partial charge in [-0.2, -0.15) is 0 Å². The Morgan fingerprint density at radius 1 is 1.03 bits per heavy atom. The highest BCUT2D eigenvalue weighted by Crippen LogP contribution is 2.68. The maximum absolute atomic E-state index is 12.0. The van der Waals surface area contributed by atoms with Crippen molar-refractivity contribution in [1.82, 2.24) is 5.32 Å². The Balaban J connectivity index is 1.49. The van der Waals surface area contributed by atoms with Gasteiger partial charge in [0, 0.05) is 6.42 Å². The molecule has 1 amide bonds. The van der Waals surface area contributed by atoms with Gasteiger partial charge < -0.3 is 25.7 Å². The van der Waals surface area contributed by atoms with Crippen LogP contribution in [0.2, 0.25) is 0 Å². The first-order valence-electron chi connectivity index (χ1n) is 13.0. The summed E-state index contributed by atoms with van der Waals surface area (Å²) in [7, 11) is 0. The van der Waals surface area contributed by atoms with Gasteiger partial charge in [0.1, 0.15) is 6.54 Å². The third-order valence-electron chi connectivity index (χ3n) is 10.8. The molecule has 0 unspecified atom stereocenters. The largest absolute Gasteiger partial charge is 0.480 e. The van der Waals surface area contributed by atoms with Crippen molar-refractivity contribution in [2.45, 2.75) is 96.9 Å². The number of carboxylic acids is 1. The number of carbonyl (C=O) groups excluding carboxylic acids is 1. The average molecular weight is 466 g/mol. The molecule has 11 atom stereocenters. The number of aliphatic hydroxyl groups is 3. The van der Waals surface area contributed by atoms with E-state index in [-0.39, 0.29) is 65.1 Å². The van der Waals surface area contributed by atoms with Crippen LogP contribution in [0, 0.1) is 46.3 Å². The zero-order chi connectivity index (χ0) is 24.1. The molecule has 33 heavy (non-hydrogen) atoms.